The number of carboxylic acid groups (broad SMARTS) is 1. The zero-order valence-corrected chi connectivity index (χ0v) is 13.7. The van der Waals surface area contributed by atoms with E-state index < -0.39 is 18.6 Å². The zero-order chi connectivity index (χ0) is 17.0. The van der Waals surface area contributed by atoms with E-state index in [4.69, 9.17) is 10.0 Å². The molecule has 0 heterocycles. The lowest BCUT2D eigenvalue weighted by molar-refractivity contribution is -0.147. The van der Waals surface area contributed by atoms with E-state index in [9.17, 15) is 9.90 Å². The predicted octanol–water partition coefficient (Wildman–Crippen LogP) is 0.331. The second-order valence-corrected chi connectivity index (χ2v) is 6.15. The summed E-state index contributed by atoms with van der Waals surface area (Å²) in [4.78, 5) is 12.1. The van der Waals surface area contributed by atoms with E-state index in [0.717, 1.165) is 16.7 Å². The van der Waals surface area contributed by atoms with Gasteiger partial charge in [0.25, 0.3) is 0 Å². The Balaban J connectivity index is 2.37. The minimum absolute atomic E-state index is 0.114. The maximum atomic E-state index is 12.1. The van der Waals surface area contributed by atoms with Crippen LogP contribution in [0.25, 0.3) is 0 Å². The Labute approximate surface area is 137 Å². The quantitative estimate of drug-likeness (QED) is 0.443. The van der Waals surface area contributed by atoms with E-state index >= 15 is 0 Å². The summed E-state index contributed by atoms with van der Waals surface area (Å²) in [6.07, 6.45) is 2.14. The second-order valence-electron chi connectivity index (χ2n) is 6.15. The van der Waals surface area contributed by atoms with Crippen molar-refractivity contribution in [3.63, 3.8) is 0 Å². The number of aliphatic carboxylic acids is 1. The van der Waals surface area contributed by atoms with Crippen molar-refractivity contribution in [3.8, 4) is 0 Å². The van der Waals surface area contributed by atoms with Crippen LogP contribution in [-0.2, 0) is 23.3 Å². The lowest BCUT2D eigenvalue weighted by Gasteiger charge is -2.32. The molecule has 1 aliphatic carbocycles. The van der Waals surface area contributed by atoms with Crippen LogP contribution in [-0.4, -0.2) is 42.3 Å². The van der Waals surface area contributed by atoms with Crippen LogP contribution in [0.15, 0.2) is 18.2 Å². The van der Waals surface area contributed by atoms with E-state index in [0.29, 0.717) is 25.8 Å². The summed E-state index contributed by atoms with van der Waals surface area (Å²) in [5, 5.41) is 34.2. The molecule has 2 rings (SSSR count). The average Bonchev–Trinajstić information content (AvgIpc) is 2.82. The molecule has 0 radical (unpaired) electrons. The van der Waals surface area contributed by atoms with Crippen LogP contribution >= 0.6 is 0 Å². The zero-order valence-electron chi connectivity index (χ0n) is 13.7. The molecule has 126 valence electrons. The minimum Gasteiger partial charge on any atom is -0.480 e. The minimum atomic E-state index is -1.34. The first-order valence-electron chi connectivity index (χ1n) is 8.01. The van der Waals surface area contributed by atoms with Gasteiger partial charge in [0.1, 0.15) is 5.54 Å². The summed E-state index contributed by atoms with van der Waals surface area (Å²) in [7, 11) is 2.21. The fourth-order valence-corrected chi connectivity index (χ4v) is 3.82. The molecule has 0 aromatic heterocycles. The molecule has 0 aliphatic heterocycles. The Kier molecular flexibility index (Phi) is 5.81. The van der Waals surface area contributed by atoms with Crippen LogP contribution in [0.5, 0.6) is 0 Å². The van der Waals surface area contributed by atoms with Crippen molar-refractivity contribution in [2.45, 2.75) is 37.7 Å². The molecule has 2 atom stereocenters. The lowest BCUT2D eigenvalue weighted by Crippen LogP contribution is -2.51. The van der Waals surface area contributed by atoms with Gasteiger partial charge in [-0.15, -0.1) is 0 Å². The van der Waals surface area contributed by atoms with Crippen molar-refractivity contribution in [1.82, 2.24) is 10.6 Å². The molecule has 5 N–H and O–H groups in total. The monoisotopic (exact) mass is 320 g/mol. The van der Waals surface area contributed by atoms with Gasteiger partial charge in [-0.2, -0.15) is 0 Å². The summed E-state index contributed by atoms with van der Waals surface area (Å²) >= 11 is 0. The van der Waals surface area contributed by atoms with Gasteiger partial charge in [-0.05, 0) is 55.9 Å². The average molecular weight is 320 g/mol. The first-order chi connectivity index (χ1) is 11.0. The molecule has 6 nitrogen and oxygen atoms in total. The van der Waals surface area contributed by atoms with Crippen LogP contribution < -0.4 is 10.6 Å². The van der Waals surface area contributed by atoms with Crippen molar-refractivity contribution >= 4 is 13.1 Å². The van der Waals surface area contributed by atoms with Crippen LogP contribution in [0.3, 0.4) is 0 Å². The molecule has 1 aromatic carbocycles. The van der Waals surface area contributed by atoms with E-state index in [1.807, 2.05) is 25.2 Å². The number of hydrogen-bond acceptors (Lipinski definition) is 5. The van der Waals surface area contributed by atoms with E-state index in [1.165, 1.54) is 0 Å². The van der Waals surface area contributed by atoms with Gasteiger partial charge in [-0.1, -0.05) is 24.6 Å². The summed E-state index contributed by atoms with van der Waals surface area (Å²) in [5.74, 6) is -0.994. The second kappa shape index (κ2) is 7.44. The standard InChI is InChI=1S/C16H25BN2O4/c1-18-10-11-5-3-7-14-13(11)9-12(6-4-8-17(22)23)16(14,19-2)15(20)21/h3,5,7,12,18-19,22-23H,4,6,8-10H2,1-2H3,(H,20,21)/t12-,16+/m0/s1. The number of hydrogen-bond donors (Lipinski definition) is 5. The highest BCUT2D eigenvalue weighted by molar-refractivity contribution is 6.40. The molecule has 0 saturated carbocycles. The molecule has 0 bridgehead atoms. The van der Waals surface area contributed by atoms with Crippen molar-refractivity contribution in [2.24, 2.45) is 5.92 Å². The Hall–Kier alpha value is -1.41. The third-order valence-electron chi connectivity index (χ3n) is 4.87. The first kappa shape index (κ1) is 17.9. The van der Waals surface area contributed by atoms with Crippen LogP contribution in [0.4, 0.5) is 0 Å². The fourth-order valence-electron chi connectivity index (χ4n) is 3.82. The molecule has 0 amide bonds. The van der Waals surface area contributed by atoms with E-state index in [2.05, 4.69) is 10.6 Å². The van der Waals surface area contributed by atoms with Crippen LogP contribution in [0.1, 0.15) is 29.5 Å². The highest BCUT2D eigenvalue weighted by Gasteiger charge is 2.51. The Morgan fingerprint density at radius 1 is 1.39 bits per heavy atom. The topological polar surface area (TPSA) is 102 Å². The van der Waals surface area contributed by atoms with Gasteiger partial charge in [0.15, 0.2) is 0 Å². The molecular formula is C16H25BN2O4. The number of nitrogens with one attached hydrogen (secondary N) is 2. The molecule has 0 unspecified atom stereocenters. The smallest absolute Gasteiger partial charge is 0.451 e. The molecule has 1 aliphatic rings. The van der Waals surface area contributed by atoms with Crippen LogP contribution in [0, 0.1) is 5.92 Å². The summed E-state index contributed by atoms with van der Waals surface area (Å²) in [6.45, 7) is 0.699. The fraction of sp³-hybridized carbons (Fsp3) is 0.562. The van der Waals surface area contributed by atoms with E-state index in [-0.39, 0.29) is 12.2 Å². The predicted molar refractivity (Wildman–Crippen MR) is 89.0 cm³/mol. The molecule has 7 heteroatoms. The van der Waals surface area contributed by atoms with Gasteiger partial charge in [-0.3, -0.25) is 0 Å². The first-order valence-corrected chi connectivity index (χ1v) is 8.01. The highest BCUT2D eigenvalue weighted by Crippen LogP contribution is 2.45. The van der Waals surface area contributed by atoms with Crippen LogP contribution in [0.2, 0.25) is 6.32 Å². The van der Waals surface area contributed by atoms with Gasteiger partial charge in [0.2, 0.25) is 0 Å². The molecule has 23 heavy (non-hydrogen) atoms. The molecule has 0 saturated heterocycles. The SMILES string of the molecule is CNCc1cccc2c1C[C@H](CCCB(O)O)[C@]2(NC)C(=O)O. The van der Waals surface area contributed by atoms with Gasteiger partial charge < -0.3 is 25.8 Å². The molecule has 0 fully saturated rings. The summed E-state index contributed by atoms with van der Waals surface area (Å²) in [6, 6.07) is 5.82. The Morgan fingerprint density at radius 2 is 2.13 bits per heavy atom. The number of benzene rings is 1. The molecule has 0 spiro atoms. The Bertz CT molecular complexity index is 567. The third kappa shape index (κ3) is 3.28. The number of carboxylic acids is 1. The van der Waals surface area contributed by atoms with Crippen molar-refractivity contribution in [1.29, 1.82) is 0 Å². The van der Waals surface area contributed by atoms with Gasteiger partial charge in [0, 0.05) is 6.54 Å². The highest BCUT2D eigenvalue weighted by atomic mass is 16.4. The molecule has 1 aromatic rings. The largest absolute Gasteiger partial charge is 0.480 e. The van der Waals surface area contributed by atoms with E-state index in [1.54, 1.807) is 7.05 Å². The Morgan fingerprint density at radius 3 is 2.70 bits per heavy atom. The van der Waals surface area contributed by atoms with Gasteiger partial charge >= 0.3 is 13.1 Å². The number of rotatable bonds is 8. The number of likely N-dealkylation sites (N-methyl/N-ethyl adjacent to an activating group) is 1. The normalized spacial score (nSPS) is 22.9. The lowest BCUT2D eigenvalue weighted by atomic mass is 9.77. The maximum absolute atomic E-state index is 12.1. The summed E-state index contributed by atoms with van der Waals surface area (Å²) in [5.41, 5.74) is 1.93. The summed E-state index contributed by atoms with van der Waals surface area (Å²) < 4.78 is 0. The molecular weight excluding hydrogens is 295 g/mol. The third-order valence-corrected chi connectivity index (χ3v) is 4.87. The van der Waals surface area contributed by atoms with Gasteiger partial charge in [-0.25, -0.2) is 4.79 Å². The van der Waals surface area contributed by atoms with Gasteiger partial charge in [0.05, 0.1) is 0 Å². The van der Waals surface area contributed by atoms with Crippen molar-refractivity contribution in [2.75, 3.05) is 14.1 Å². The maximum Gasteiger partial charge on any atom is 0.451 e. The number of fused-ring (bicyclic) bond motifs is 1. The number of carbonyl (C=O) groups is 1. The van der Waals surface area contributed by atoms with Crippen molar-refractivity contribution in [3.05, 3.63) is 34.9 Å². The van der Waals surface area contributed by atoms with Crippen molar-refractivity contribution < 1.29 is 19.9 Å².